The average molecular weight is 384 g/mol. The number of nitrogens with two attached hydrogens (primary N) is 1. The van der Waals surface area contributed by atoms with Gasteiger partial charge in [-0.2, -0.15) is 0 Å². The van der Waals surface area contributed by atoms with Crippen molar-refractivity contribution in [1.29, 1.82) is 0 Å². The molecule has 0 radical (unpaired) electrons. The molecule has 1 heterocycles. The molecule has 0 bridgehead atoms. The van der Waals surface area contributed by atoms with E-state index in [2.05, 4.69) is 26.4 Å². The van der Waals surface area contributed by atoms with Crippen LogP contribution in [0.25, 0.3) is 0 Å². The lowest BCUT2D eigenvalue weighted by atomic mass is 10.1. The number of amidine groups is 1. The molecule has 0 aliphatic carbocycles. The molecule has 2 aromatic rings. The summed E-state index contributed by atoms with van der Waals surface area (Å²) >= 11 is 1.61. The number of ether oxygens (including phenoxy) is 1. The Balaban J connectivity index is 1.63. The van der Waals surface area contributed by atoms with Gasteiger partial charge in [-0.15, -0.1) is 0 Å². The second-order valence-electron chi connectivity index (χ2n) is 6.05. The Hall–Kier alpha value is -2.84. The molecule has 4 N–H and O–H groups in total. The Morgan fingerprint density at radius 3 is 2.52 bits per heavy atom. The van der Waals surface area contributed by atoms with Crippen LogP contribution in [-0.4, -0.2) is 31.0 Å². The summed E-state index contributed by atoms with van der Waals surface area (Å²) in [5.74, 6) is 0.360. The van der Waals surface area contributed by atoms with Crippen molar-refractivity contribution in [3.05, 3.63) is 48.0 Å². The summed E-state index contributed by atoms with van der Waals surface area (Å²) < 4.78 is 4.59. The van der Waals surface area contributed by atoms with Gasteiger partial charge >= 0.3 is 6.09 Å². The largest absolute Gasteiger partial charge is 0.453 e. The summed E-state index contributed by atoms with van der Waals surface area (Å²) in [5, 5.41) is 5.37. The van der Waals surface area contributed by atoms with E-state index in [1.54, 1.807) is 18.7 Å². The van der Waals surface area contributed by atoms with Gasteiger partial charge in [-0.05, 0) is 55.0 Å². The highest BCUT2D eigenvalue weighted by molar-refractivity contribution is 7.99. The van der Waals surface area contributed by atoms with Gasteiger partial charge in [-0.3, -0.25) is 10.1 Å². The number of alkyl carbamates (subject to hydrolysis) is 1. The van der Waals surface area contributed by atoms with Crippen LogP contribution in [0, 0.1) is 0 Å². The maximum atomic E-state index is 11.6. The van der Waals surface area contributed by atoms with Crippen molar-refractivity contribution in [3.63, 3.8) is 0 Å². The molecule has 7 nitrogen and oxygen atoms in total. The highest BCUT2D eigenvalue weighted by Gasteiger charge is 2.17. The van der Waals surface area contributed by atoms with E-state index >= 15 is 0 Å². The molecule has 1 atom stereocenters. The zero-order valence-electron chi connectivity index (χ0n) is 15.0. The maximum Gasteiger partial charge on any atom is 0.412 e. The number of nitrogens with zero attached hydrogens (tertiary/aromatic N) is 1. The van der Waals surface area contributed by atoms with Crippen molar-refractivity contribution in [2.24, 2.45) is 10.7 Å². The fraction of sp³-hybridized carbons (Fsp3) is 0.211. The van der Waals surface area contributed by atoms with Crippen molar-refractivity contribution in [2.75, 3.05) is 12.4 Å². The van der Waals surface area contributed by atoms with E-state index in [4.69, 9.17) is 5.73 Å². The standard InChI is InChI=1S/C19H20N4O3S/c1-11(20)18(24)21-13-3-5-14(6-4-13)27-15-7-8-16-12(9-15)10-17(22-16)23-19(25)26-2/h3-9,11H,10,20H2,1-2H3,(H,21,24)(H,22,23,25)/t11-/m0/s1. The fourth-order valence-corrected chi connectivity index (χ4v) is 3.36. The molecule has 0 unspecified atom stereocenters. The van der Waals surface area contributed by atoms with Gasteiger partial charge < -0.3 is 15.8 Å². The first kappa shape index (κ1) is 18.9. The quantitative estimate of drug-likeness (QED) is 0.751. The minimum Gasteiger partial charge on any atom is -0.453 e. The molecule has 2 amide bonds. The number of hydrogen-bond donors (Lipinski definition) is 3. The number of methoxy groups -OCH3 is 1. The second-order valence-corrected chi connectivity index (χ2v) is 7.19. The zero-order chi connectivity index (χ0) is 19.4. The lowest BCUT2D eigenvalue weighted by molar-refractivity contribution is -0.117. The van der Waals surface area contributed by atoms with Gasteiger partial charge in [0.05, 0.1) is 18.8 Å². The van der Waals surface area contributed by atoms with Crippen LogP contribution >= 0.6 is 11.8 Å². The lowest BCUT2D eigenvalue weighted by Gasteiger charge is -2.09. The van der Waals surface area contributed by atoms with Gasteiger partial charge in [-0.1, -0.05) is 11.8 Å². The number of carbonyl (C=O) groups excluding carboxylic acids is 2. The zero-order valence-corrected chi connectivity index (χ0v) is 15.8. The van der Waals surface area contributed by atoms with Gasteiger partial charge in [0.15, 0.2) is 0 Å². The Morgan fingerprint density at radius 2 is 1.85 bits per heavy atom. The Morgan fingerprint density at radius 1 is 1.15 bits per heavy atom. The van der Waals surface area contributed by atoms with Crippen molar-refractivity contribution in [1.82, 2.24) is 5.32 Å². The summed E-state index contributed by atoms with van der Waals surface area (Å²) in [6.07, 6.45) is 0.0357. The third-order valence-corrected chi connectivity index (χ3v) is 4.86. The SMILES string of the molecule is COC(=O)NC1=Nc2ccc(Sc3ccc(NC(=O)[C@H](C)N)cc3)cc2C1. The van der Waals surface area contributed by atoms with Crippen LogP contribution in [0.2, 0.25) is 0 Å². The summed E-state index contributed by atoms with van der Waals surface area (Å²) in [7, 11) is 1.32. The minimum absolute atomic E-state index is 0.217. The van der Waals surface area contributed by atoms with Crippen LogP contribution in [0.15, 0.2) is 57.2 Å². The molecular weight excluding hydrogens is 364 g/mol. The number of rotatable bonds is 4. The van der Waals surface area contributed by atoms with E-state index in [1.807, 2.05) is 36.4 Å². The van der Waals surface area contributed by atoms with Crippen molar-refractivity contribution in [3.8, 4) is 0 Å². The van der Waals surface area contributed by atoms with Crippen LogP contribution in [0.1, 0.15) is 12.5 Å². The van der Waals surface area contributed by atoms with Crippen LogP contribution in [0.4, 0.5) is 16.2 Å². The lowest BCUT2D eigenvalue weighted by Crippen LogP contribution is -2.32. The molecule has 0 saturated heterocycles. The molecule has 0 spiro atoms. The molecule has 1 aliphatic heterocycles. The molecule has 140 valence electrons. The third-order valence-electron chi connectivity index (χ3n) is 3.87. The van der Waals surface area contributed by atoms with Crippen molar-refractivity contribution < 1.29 is 14.3 Å². The summed E-state index contributed by atoms with van der Waals surface area (Å²) in [6, 6.07) is 13.0. The van der Waals surface area contributed by atoms with Gasteiger partial charge in [0.25, 0.3) is 0 Å². The monoisotopic (exact) mass is 384 g/mol. The van der Waals surface area contributed by atoms with Gasteiger partial charge in [0.2, 0.25) is 5.91 Å². The molecule has 0 fully saturated rings. The first-order valence-electron chi connectivity index (χ1n) is 8.34. The van der Waals surface area contributed by atoms with E-state index in [-0.39, 0.29) is 5.91 Å². The summed E-state index contributed by atoms with van der Waals surface area (Å²) in [6.45, 7) is 1.64. The van der Waals surface area contributed by atoms with E-state index in [1.165, 1.54) is 7.11 Å². The Kier molecular flexibility index (Phi) is 5.78. The average Bonchev–Trinajstić information content (AvgIpc) is 3.04. The molecule has 3 rings (SSSR count). The number of carbonyl (C=O) groups is 2. The highest BCUT2D eigenvalue weighted by atomic mass is 32.2. The number of fused-ring (bicyclic) bond motifs is 1. The van der Waals surface area contributed by atoms with Crippen LogP contribution in [0.5, 0.6) is 0 Å². The maximum absolute atomic E-state index is 11.6. The molecule has 1 aliphatic rings. The fourth-order valence-electron chi connectivity index (χ4n) is 2.48. The molecule has 27 heavy (non-hydrogen) atoms. The molecule has 0 saturated carbocycles. The van der Waals surface area contributed by atoms with Crippen molar-refractivity contribution in [2.45, 2.75) is 29.2 Å². The van der Waals surface area contributed by atoms with Crippen molar-refractivity contribution >= 4 is 41.0 Å². The number of aliphatic imine (C=N–C) groups is 1. The topological polar surface area (TPSA) is 106 Å². The van der Waals surface area contributed by atoms with E-state index in [0.717, 1.165) is 21.0 Å². The molecule has 0 aromatic heterocycles. The first-order chi connectivity index (χ1) is 12.9. The smallest absolute Gasteiger partial charge is 0.412 e. The molecular formula is C19H20N4O3S. The summed E-state index contributed by atoms with van der Waals surface area (Å²) in [4.78, 5) is 29.4. The predicted octanol–water partition coefficient (Wildman–Crippen LogP) is 3.07. The second kappa shape index (κ2) is 8.24. The van der Waals surface area contributed by atoms with Crippen LogP contribution < -0.4 is 16.4 Å². The van der Waals surface area contributed by atoms with E-state index in [0.29, 0.717) is 17.9 Å². The molecule has 8 heteroatoms. The number of amides is 2. The van der Waals surface area contributed by atoms with Gasteiger partial charge in [0, 0.05) is 21.9 Å². The predicted molar refractivity (Wildman–Crippen MR) is 106 cm³/mol. The van der Waals surface area contributed by atoms with Crippen LogP contribution in [0.3, 0.4) is 0 Å². The normalized spacial score (nSPS) is 13.4. The minimum atomic E-state index is -0.550. The van der Waals surface area contributed by atoms with Gasteiger partial charge in [0.1, 0.15) is 5.84 Å². The van der Waals surface area contributed by atoms with E-state index in [9.17, 15) is 9.59 Å². The van der Waals surface area contributed by atoms with E-state index < -0.39 is 12.1 Å². The number of hydrogen-bond acceptors (Lipinski definition) is 6. The van der Waals surface area contributed by atoms with Crippen LogP contribution in [-0.2, 0) is 16.0 Å². The number of nitrogens with one attached hydrogen (secondary N) is 2. The highest BCUT2D eigenvalue weighted by Crippen LogP contribution is 2.34. The Bertz CT molecular complexity index is 894. The third kappa shape index (κ3) is 4.87. The summed E-state index contributed by atoms with van der Waals surface area (Å²) in [5.41, 5.74) is 8.16. The first-order valence-corrected chi connectivity index (χ1v) is 9.16. The Labute approximate surface area is 161 Å². The van der Waals surface area contributed by atoms with Gasteiger partial charge in [-0.25, -0.2) is 9.79 Å². The molecule has 2 aromatic carbocycles. The number of anilines is 1. The number of benzene rings is 2.